The first-order valence-corrected chi connectivity index (χ1v) is 14.1. The van der Waals surface area contributed by atoms with Crippen LogP contribution < -0.4 is 10.3 Å². The van der Waals surface area contributed by atoms with Gasteiger partial charge in [0.2, 0.25) is 0 Å². The Morgan fingerprint density at radius 1 is 1.05 bits per heavy atom. The Labute approximate surface area is 235 Å². The molecule has 0 atom stereocenters. The molecule has 2 aromatic carbocycles. The number of benzene rings is 2. The minimum Gasteiger partial charge on any atom is -0.467 e. The smallest absolute Gasteiger partial charge is 0.338 e. The largest absolute Gasteiger partial charge is 0.467 e. The van der Waals surface area contributed by atoms with E-state index in [2.05, 4.69) is 4.90 Å². The first-order chi connectivity index (χ1) is 19.5. The van der Waals surface area contributed by atoms with Gasteiger partial charge in [0.1, 0.15) is 5.75 Å². The standard InChI is InChI=1S/C28H31N3O8S/c1-3-38-27(34)19-12-20-15-37-17-39-24(20)21(13-19)16-40-28-29-23-14-18(26(33)35-2)4-5-22(23)25(32)31(28)7-6-30-8-10-36-11-9-30/h4-5,12-14H,3,6-11,15-17H2,1-2H3. The molecule has 212 valence electrons. The molecule has 0 bridgehead atoms. The minimum absolute atomic E-state index is 0.109. The van der Waals surface area contributed by atoms with Gasteiger partial charge >= 0.3 is 11.9 Å². The minimum atomic E-state index is -0.504. The Balaban J connectivity index is 1.51. The summed E-state index contributed by atoms with van der Waals surface area (Å²) in [5.41, 5.74) is 2.46. The maximum atomic E-state index is 13.7. The van der Waals surface area contributed by atoms with Crippen molar-refractivity contribution in [1.82, 2.24) is 14.5 Å². The van der Waals surface area contributed by atoms with Gasteiger partial charge < -0.3 is 23.7 Å². The van der Waals surface area contributed by atoms with E-state index in [4.69, 9.17) is 28.7 Å². The van der Waals surface area contributed by atoms with Gasteiger partial charge in [0.05, 0.1) is 55.6 Å². The van der Waals surface area contributed by atoms with Gasteiger partial charge in [-0.1, -0.05) is 11.8 Å². The third-order valence-corrected chi connectivity index (χ3v) is 7.76. The van der Waals surface area contributed by atoms with Crippen molar-refractivity contribution in [1.29, 1.82) is 0 Å². The molecular formula is C28H31N3O8S. The summed E-state index contributed by atoms with van der Waals surface area (Å²) in [5.74, 6) is 0.101. The van der Waals surface area contributed by atoms with Crippen molar-refractivity contribution < 1.29 is 33.3 Å². The predicted octanol–water partition coefficient (Wildman–Crippen LogP) is 2.85. The molecule has 2 aliphatic rings. The summed E-state index contributed by atoms with van der Waals surface area (Å²) in [6.07, 6.45) is 0. The Bertz CT molecular complexity index is 1470. The molecule has 0 spiro atoms. The van der Waals surface area contributed by atoms with Crippen LogP contribution in [0.4, 0.5) is 0 Å². The third kappa shape index (κ3) is 6.15. The summed E-state index contributed by atoms with van der Waals surface area (Å²) in [6.45, 7) is 6.46. The van der Waals surface area contributed by atoms with E-state index in [0.29, 0.717) is 71.6 Å². The lowest BCUT2D eigenvalue weighted by atomic mass is 10.0. The van der Waals surface area contributed by atoms with E-state index in [-0.39, 0.29) is 19.0 Å². The van der Waals surface area contributed by atoms with E-state index in [1.54, 1.807) is 41.8 Å². The van der Waals surface area contributed by atoms with E-state index in [1.165, 1.54) is 18.9 Å². The predicted molar refractivity (Wildman–Crippen MR) is 147 cm³/mol. The summed E-state index contributed by atoms with van der Waals surface area (Å²) < 4.78 is 28.4. The van der Waals surface area contributed by atoms with E-state index < -0.39 is 11.9 Å². The van der Waals surface area contributed by atoms with Crippen LogP contribution in [-0.2, 0) is 37.9 Å². The van der Waals surface area contributed by atoms with E-state index in [0.717, 1.165) is 24.2 Å². The van der Waals surface area contributed by atoms with Crippen LogP contribution in [0.5, 0.6) is 5.75 Å². The number of methoxy groups -OCH3 is 1. The molecule has 5 rings (SSSR count). The zero-order valence-corrected chi connectivity index (χ0v) is 23.3. The molecule has 40 heavy (non-hydrogen) atoms. The number of ether oxygens (including phenoxy) is 5. The fourth-order valence-electron chi connectivity index (χ4n) is 4.70. The lowest BCUT2D eigenvalue weighted by molar-refractivity contribution is -0.0169. The van der Waals surface area contributed by atoms with Crippen LogP contribution in [0.25, 0.3) is 10.9 Å². The van der Waals surface area contributed by atoms with Crippen molar-refractivity contribution >= 4 is 34.6 Å². The number of rotatable bonds is 9. The van der Waals surface area contributed by atoms with Crippen molar-refractivity contribution in [3.63, 3.8) is 0 Å². The zero-order valence-electron chi connectivity index (χ0n) is 22.5. The van der Waals surface area contributed by atoms with E-state index in [9.17, 15) is 14.4 Å². The number of fused-ring (bicyclic) bond motifs is 2. The van der Waals surface area contributed by atoms with Gasteiger partial charge in [-0.05, 0) is 37.3 Å². The summed E-state index contributed by atoms with van der Waals surface area (Å²) in [4.78, 5) is 45.4. The van der Waals surface area contributed by atoms with Crippen molar-refractivity contribution in [2.75, 3.05) is 53.4 Å². The molecule has 0 N–H and O–H groups in total. The second-order valence-corrected chi connectivity index (χ2v) is 10.2. The van der Waals surface area contributed by atoms with Crippen molar-refractivity contribution in [2.45, 2.75) is 31.0 Å². The van der Waals surface area contributed by atoms with Gasteiger partial charge in [0.25, 0.3) is 5.56 Å². The summed E-state index contributed by atoms with van der Waals surface area (Å²) in [6, 6.07) is 8.23. The average molecular weight is 570 g/mol. The molecule has 0 aliphatic carbocycles. The summed E-state index contributed by atoms with van der Waals surface area (Å²) in [5, 5.41) is 0.913. The van der Waals surface area contributed by atoms with Crippen LogP contribution in [0, 0.1) is 0 Å². The molecule has 0 radical (unpaired) electrons. The lowest BCUT2D eigenvalue weighted by Crippen LogP contribution is -2.39. The normalized spacial score (nSPS) is 15.3. The number of hydrogen-bond donors (Lipinski definition) is 0. The van der Waals surface area contributed by atoms with Crippen molar-refractivity contribution in [2.24, 2.45) is 0 Å². The van der Waals surface area contributed by atoms with Crippen molar-refractivity contribution in [3.8, 4) is 5.75 Å². The van der Waals surface area contributed by atoms with Crippen LogP contribution in [-0.4, -0.2) is 79.7 Å². The van der Waals surface area contributed by atoms with Gasteiger partial charge in [0, 0.05) is 43.1 Å². The number of morpholine rings is 1. The Kier molecular flexibility index (Phi) is 9.00. The molecule has 1 saturated heterocycles. The average Bonchev–Trinajstić information content (AvgIpc) is 2.99. The Morgan fingerprint density at radius 2 is 1.88 bits per heavy atom. The van der Waals surface area contributed by atoms with Gasteiger partial charge in [-0.25, -0.2) is 14.6 Å². The maximum Gasteiger partial charge on any atom is 0.338 e. The molecule has 3 aromatic rings. The molecule has 2 aliphatic heterocycles. The highest BCUT2D eigenvalue weighted by atomic mass is 32.2. The highest BCUT2D eigenvalue weighted by molar-refractivity contribution is 7.98. The highest BCUT2D eigenvalue weighted by Crippen LogP contribution is 2.34. The van der Waals surface area contributed by atoms with Crippen LogP contribution in [0.15, 0.2) is 40.3 Å². The number of thioether (sulfide) groups is 1. The lowest BCUT2D eigenvalue weighted by Gasteiger charge is -2.27. The SMILES string of the molecule is CCOC(=O)c1cc2c(c(CSc3nc4cc(C(=O)OC)ccc4c(=O)n3CCN3CCOCC3)c1)OCOC2. The summed E-state index contributed by atoms with van der Waals surface area (Å²) in [7, 11) is 1.31. The first-order valence-electron chi connectivity index (χ1n) is 13.1. The Hall–Kier alpha value is -3.45. The third-order valence-electron chi connectivity index (χ3n) is 6.74. The molecule has 3 heterocycles. The zero-order chi connectivity index (χ0) is 28.1. The number of hydrogen-bond acceptors (Lipinski definition) is 11. The molecule has 12 heteroatoms. The van der Waals surface area contributed by atoms with Crippen LogP contribution in [0.1, 0.15) is 38.8 Å². The molecular weight excluding hydrogens is 538 g/mol. The van der Waals surface area contributed by atoms with Crippen LogP contribution >= 0.6 is 11.8 Å². The molecule has 0 saturated carbocycles. The van der Waals surface area contributed by atoms with E-state index >= 15 is 0 Å². The number of carbonyl (C=O) groups is 2. The quantitative estimate of drug-likeness (QED) is 0.215. The number of carbonyl (C=O) groups excluding carboxylic acids is 2. The maximum absolute atomic E-state index is 13.7. The van der Waals surface area contributed by atoms with Crippen LogP contribution in [0.2, 0.25) is 0 Å². The second kappa shape index (κ2) is 12.8. The van der Waals surface area contributed by atoms with Gasteiger partial charge in [-0.2, -0.15) is 0 Å². The Morgan fingerprint density at radius 3 is 2.65 bits per heavy atom. The monoisotopic (exact) mass is 569 g/mol. The molecule has 1 fully saturated rings. The second-order valence-electron chi connectivity index (χ2n) is 9.27. The van der Waals surface area contributed by atoms with Gasteiger partial charge in [-0.3, -0.25) is 14.3 Å². The van der Waals surface area contributed by atoms with Crippen molar-refractivity contribution in [3.05, 3.63) is 62.9 Å². The number of esters is 2. The fourth-order valence-corrected chi connectivity index (χ4v) is 5.69. The molecule has 11 nitrogen and oxygen atoms in total. The molecule has 1 aromatic heterocycles. The fraction of sp³-hybridized carbons (Fsp3) is 0.429. The van der Waals surface area contributed by atoms with E-state index in [1.807, 2.05) is 0 Å². The molecule has 0 amide bonds. The first kappa shape index (κ1) is 28.1. The topological polar surface area (TPSA) is 118 Å². The summed E-state index contributed by atoms with van der Waals surface area (Å²) >= 11 is 1.36. The van der Waals surface area contributed by atoms with Crippen LogP contribution in [0.3, 0.4) is 0 Å². The highest BCUT2D eigenvalue weighted by Gasteiger charge is 2.22. The van der Waals surface area contributed by atoms with Gasteiger partial charge in [-0.15, -0.1) is 0 Å². The number of aromatic nitrogens is 2. The molecule has 0 unspecified atom stereocenters. The van der Waals surface area contributed by atoms with Gasteiger partial charge in [0.15, 0.2) is 11.9 Å². The number of nitrogens with zero attached hydrogens (tertiary/aromatic N) is 3.